The second kappa shape index (κ2) is 14.6. The number of anilines is 1. The van der Waals surface area contributed by atoms with Crippen molar-refractivity contribution in [2.45, 2.75) is 65.8 Å². The van der Waals surface area contributed by atoms with Gasteiger partial charge >= 0.3 is 0 Å². The average Bonchev–Trinajstić information content (AvgIpc) is 2.84. The van der Waals surface area contributed by atoms with E-state index >= 15 is 0 Å². The highest BCUT2D eigenvalue weighted by Crippen LogP contribution is 2.24. The van der Waals surface area contributed by atoms with E-state index in [4.69, 9.17) is 0 Å². The average molecular weight is 435 g/mol. The lowest BCUT2D eigenvalue weighted by Crippen LogP contribution is -2.51. The minimum absolute atomic E-state index is 0.820. The van der Waals surface area contributed by atoms with E-state index in [0.717, 1.165) is 49.3 Å². The van der Waals surface area contributed by atoms with Gasteiger partial charge in [0.1, 0.15) is 0 Å². The molecule has 1 saturated heterocycles. The third kappa shape index (κ3) is 8.96. The van der Waals surface area contributed by atoms with Crippen molar-refractivity contribution >= 4 is 11.4 Å². The number of rotatable bonds is 6. The van der Waals surface area contributed by atoms with E-state index in [1.165, 1.54) is 37.7 Å². The highest BCUT2D eigenvalue weighted by atomic mass is 15.3. The smallest absolute Gasteiger partial charge is 0.151 e. The third-order valence-corrected chi connectivity index (χ3v) is 6.00. The molecule has 0 unspecified atom stereocenters. The molecule has 1 aliphatic heterocycles. The van der Waals surface area contributed by atoms with E-state index in [0.29, 0.717) is 0 Å². The fourth-order valence-electron chi connectivity index (χ4n) is 4.12. The van der Waals surface area contributed by atoms with Crippen molar-refractivity contribution in [1.29, 1.82) is 0 Å². The molecule has 0 bridgehead atoms. The van der Waals surface area contributed by atoms with Crippen LogP contribution in [0, 0.1) is 0 Å². The van der Waals surface area contributed by atoms with Crippen LogP contribution in [0.2, 0.25) is 0 Å². The van der Waals surface area contributed by atoms with Crippen LogP contribution in [0.25, 0.3) is 5.57 Å². The molecule has 3 rings (SSSR count). The first-order valence-electron chi connectivity index (χ1n) is 12.1. The van der Waals surface area contributed by atoms with Crippen LogP contribution in [-0.4, -0.2) is 47.3 Å². The molecule has 32 heavy (non-hydrogen) atoms. The second-order valence-corrected chi connectivity index (χ2v) is 8.83. The summed E-state index contributed by atoms with van der Waals surface area (Å²) in [4.78, 5) is 5.06. The van der Waals surface area contributed by atoms with Gasteiger partial charge in [0.25, 0.3) is 0 Å². The van der Waals surface area contributed by atoms with Gasteiger partial charge in [-0.25, -0.2) is 0 Å². The Bertz CT molecular complexity index is 783. The fraction of sp³-hybridized carbons (Fsp3) is 0.500. The zero-order valence-electron chi connectivity index (χ0n) is 20.6. The molecule has 4 heteroatoms. The van der Waals surface area contributed by atoms with Gasteiger partial charge in [0, 0.05) is 32.2 Å². The SMILES string of the molecule is C/C=C\C=C(C)C.C=C/C=C\C=C(/C)c1ccc(N2CCN(C3CCCCC3)CC2)nn1. The topological polar surface area (TPSA) is 32.3 Å². The molecule has 0 N–H and O–H groups in total. The van der Waals surface area contributed by atoms with E-state index in [-0.39, 0.29) is 0 Å². The van der Waals surface area contributed by atoms with Gasteiger partial charge in [-0.3, -0.25) is 4.90 Å². The Morgan fingerprint density at radius 2 is 1.62 bits per heavy atom. The van der Waals surface area contributed by atoms with Crippen LogP contribution in [0.4, 0.5) is 5.82 Å². The summed E-state index contributed by atoms with van der Waals surface area (Å²) in [5, 5.41) is 8.87. The van der Waals surface area contributed by atoms with Crippen molar-refractivity contribution in [3.8, 4) is 0 Å². The molecular weight excluding hydrogens is 392 g/mol. The largest absolute Gasteiger partial charge is 0.353 e. The molecule has 0 atom stereocenters. The summed E-state index contributed by atoms with van der Waals surface area (Å²) >= 11 is 0. The molecule has 0 amide bonds. The van der Waals surface area contributed by atoms with E-state index < -0.39 is 0 Å². The molecule has 1 aromatic rings. The second-order valence-electron chi connectivity index (χ2n) is 8.83. The fourth-order valence-corrected chi connectivity index (χ4v) is 4.12. The summed E-state index contributed by atoms with van der Waals surface area (Å²) in [5.74, 6) is 1.00. The Balaban J connectivity index is 0.000000451. The first kappa shape index (κ1) is 25.8. The number of hydrogen-bond acceptors (Lipinski definition) is 4. The van der Waals surface area contributed by atoms with Gasteiger partial charge in [0.2, 0.25) is 0 Å². The maximum absolute atomic E-state index is 4.46. The van der Waals surface area contributed by atoms with Crippen LogP contribution < -0.4 is 4.90 Å². The molecule has 174 valence electrons. The van der Waals surface area contributed by atoms with Gasteiger partial charge < -0.3 is 4.90 Å². The molecule has 1 saturated carbocycles. The standard InChI is InChI=1S/C21H30N4.C7H12/c1-3-4-6-9-18(2)20-12-13-21(23-22-20)25-16-14-24(15-17-25)19-10-7-5-8-11-19;1-4-5-6-7(2)3/h3-4,6,9,12-13,19H,1,5,7-8,10-11,14-17H2,2H3;4-6H,1-3H3/b6-4-,18-9+;5-4-. The van der Waals surface area contributed by atoms with Gasteiger partial charge in [-0.15, -0.1) is 10.2 Å². The van der Waals surface area contributed by atoms with Crippen LogP contribution >= 0.6 is 0 Å². The monoisotopic (exact) mass is 434 g/mol. The minimum Gasteiger partial charge on any atom is -0.353 e. The molecule has 2 aliphatic rings. The van der Waals surface area contributed by atoms with Crippen molar-refractivity contribution in [2.75, 3.05) is 31.1 Å². The van der Waals surface area contributed by atoms with Crippen molar-refractivity contribution in [1.82, 2.24) is 15.1 Å². The molecule has 1 aromatic heterocycles. The quantitative estimate of drug-likeness (QED) is 0.472. The van der Waals surface area contributed by atoms with E-state index in [9.17, 15) is 0 Å². The van der Waals surface area contributed by atoms with Crippen molar-refractivity contribution < 1.29 is 0 Å². The molecule has 1 aliphatic carbocycles. The zero-order valence-corrected chi connectivity index (χ0v) is 20.6. The first-order valence-corrected chi connectivity index (χ1v) is 12.1. The highest BCUT2D eigenvalue weighted by molar-refractivity contribution is 5.62. The molecule has 4 nitrogen and oxygen atoms in total. The number of aromatic nitrogens is 2. The predicted molar refractivity (Wildman–Crippen MR) is 140 cm³/mol. The lowest BCUT2D eigenvalue weighted by Gasteiger charge is -2.41. The van der Waals surface area contributed by atoms with Crippen LogP contribution in [0.15, 0.2) is 66.8 Å². The van der Waals surface area contributed by atoms with E-state index in [2.05, 4.69) is 65.6 Å². The zero-order chi connectivity index (χ0) is 23.2. The lowest BCUT2D eigenvalue weighted by molar-refractivity contribution is 0.147. The number of nitrogens with zero attached hydrogens (tertiary/aromatic N) is 4. The van der Waals surface area contributed by atoms with Crippen molar-refractivity contribution in [3.05, 3.63) is 72.5 Å². The Labute approximate surface area is 196 Å². The highest BCUT2D eigenvalue weighted by Gasteiger charge is 2.25. The van der Waals surface area contributed by atoms with Gasteiger partial charge in [0.15, 0.2) is 5.82 Å². The molecule has 0 aromatic carbocycles. The maximum atomic E-state index is 4.46. The van der Waals surface area contributed by atoms with Gasteiger partial charge in [0.05, 0.1) is 5.69 Å². The van der Waals surface area contributed by atoms with E-state index in [1.807, 2.05) is 37.3 Å². The maximum Gasteiger partial charge on any atom is 0.151 e. The Morgan fingerprint density at radius 3 is 2.16 bits per heavy atom. The summed E-state index contributed by atoms with van der Waals surface area (Å²) in [6.45, 7) is 16.3. The first-order chi connectivity index (χ1) is 15.5. The summed E-state index contributed by atoms with van der Waals surface area (Å²) < 4.78 is 0. The van der Waals surface area contributed by atoms with E-state index in [1.54, 1.807) is 6.08 Å². The van der Waals surface area contributed by atoms with Gasteiger partial charge in [-0.05, 0) is 58.2 Å². The third-order valence-electron chi connectivity index (χ3n) is 6.00. The van der Waals surface area contributed by atoms with Gasteiger partial charge in [-0.2, -0.15) is 0 Å². The summed E-state index contributed by atoms with van der Waals surface area (Å²) in [6, 6.07) is 5.00. The predicted octanol–water partition coefficient (Wildman–Crippen LogP) is 6.61. The minimum atomic E-state index is 0.820. The normalized spacial score (nSPS) is 18.5. The van der Waals surface area contributed by atoms with Crippen LogP contribution in [0.3, 0.4) is 0 Å². The number of allylic oxidation sites excluding steroid dienone is 9. The van der Waals surface area contributed by atoms with Crippen molar-refractivity contribution in [3.63, 3.8) is 0 Å². The Hall–Kier alpha value is -2.46. The lowest BCUT2D eigenvalue weighted by atomic mass is 9.94. The van der Waals surface area contributed by atoms with Crippen LogP contribution in [0.5, 0.6) is 0 Å². The van der Waals surface area contributed by atoms with Crippen LogP contribution in [-0.2, 0) is 0 Å². The summed E-state index contributed by atoms with van der Waals surface area (Å²) in [7, 11) is 0. The molecular formula is C28H42N4. The summed E-state index contributed by atoms with van der Waals surface area (Å²) in [5.41, 5.74) is 3.38. The Morgan fingerprint density at radius 1 is 0.906 bits per heavy atom. The molecule has 2 fully saturated rings. The summed E-state index contributed by atoms with van der Waals surface area (Å²) in [6.07, 6.45) is 20.9. The van der Waals surface area contributed by atoms with Crippen LogP contribution in [0.1, 0.15) is 65.5 Å². The van der Waals surface area contributed by atoms with Crippen molar-refractivity contribution in [2.24, 2.45) is 0 Å². The van der Waals surface area contributed by atoms with Gasteiger partial charge in [-0.1, -0.05) is 73.9 Å². The Kier molecular flexibility index (Phi) is 11.7. The molecule has 0 spiro atoms. The molecule has 0 radical (unpaired) electrons. The number of hydrogen-bond donors (Lipinski definition) is 0. The molecule has 2 heterocycles. The number of piperazine rings is 1.